The van der Waals surface area contributed by atoms with Gasteiger partial charge < -0.3 is 20.1 Å². The van der Waals surface area contributed by atoms with E-state index in [0.29, 0.717) is 18.4 Å². The van der Waals surface area contributed by atoms with Crippen LogP contribution in [0.4, 0.5) is 0 Å². The molecule has 2 N–H and O–H groups in total. The fourth-order valence-electron chi connectivity index (χ4n) is 3.54. The van der Waals surface area contributed by atoms with Crippen LogP contribution in [0.5, 0.6) is 5.75 Å². The minimum atomic E-state index is -0.204. The minimum absolute atomic E-state index is 0.0862. The zero-order valence-electron chi connectivity index (χ0n) is 17.5. The van der Waals surface area contributed by atoms with E-state index in [9.17, 15) is 9.59 Å². The molecule has 2 aromatic carbocycles. The van der Waals surface area contributed by atoms with E-state index in [1.807, 2.05) is 48.5 Å². The predicted molar refractivity (Wildman–Crippen MR) is 117 cm³/mol. The van der Waals surface area contributed by atoms with Crippen molar-refractivity contribution in [3.8, 4) is 5.75 Å². The molecule has 0 aromatic heterocycles. The molecule has 1 amide bonds. The van der Waals surface area contributed by atoms with E-state index in [2.05, 4.69) is 15.4 Å². The van der Waals surface area contributed by atoms with Gasteiger partial charge in [0.05, 0.1) is 12.7 Å². The normalized spacial score (nSPS) is 16.4. The average molecular weight is 411 g/mol. The molecule has 3 rings (SSSR count). The highest BCUT2D eigenvalue weighted by Crippen LogP contribution is 2.25. The highest BCUT2D eigenvalue weighted by molar-refractivity contribution is 5.94. The Bertz CT molecular complexity index is 882. The summed E-state index contributed by atoms with van der Waals surface area (Å²) in [5, 5.41) is 8.49. The van der Waals surface area contributed by atoms with E-state index in [0.717, 1.165) is 48.9 Å². The number of fused-ring (bicyclic) bond motifs is 1. The van der Waals surface area contributed by atoms with Crippen LogP contribution in [0.1, 0.15) is 32.1 Å². The number of ether oxygens (including phenoxy) is 2. The van der Waals surface area contributed by atoms with Crippen molar-refractivity contribution >= 4 is 22.6 Å². The second-order valence-electron chi connectivity index (χ2n) is 7.48. The molecule has 0 radical (unpaired) electrons. The lowest BCUT2D eigenvalue weighted by atomic mass is 10.1. The van der Waals surface area contributed by atoms with Gasteiger partial charge in [0.1, 0.15) is 12.4 Å². The number of hydrogen-bond acceptors (Lipinski definition) is 5. The number of hydrogen-bond donors (Lipinski definition) is 2. The van der Waals surface area contributed by atoms with Crippen LogP contribution in [-0.2, 0) is 14.3 Å². The molecule has 0 spiro atoms. The molecule has 1 heterocycles. The predicted octanol–water partition coefficient (Wildman–Crippen LogP) is 3.36. The summed E-state index contributed by atoms with van der Waals surface area (Å²) in [6, 6.07) is 14.1. The van der Waals surface area contributed by atoms with Gasteiger partial charge in [-0.3, -0.25) is 9.59 Å². The van der Waals surface area contributed by atoms with Gasteiger partial charge in [0.15, 0.2) is 0 Å². The molecule has 6 heteroatoms. The molecule has 2 aromatic rings. The van der Waals surface area contributed by atoms with Crippen molar-refractivity contribution in [1.82, 2.24) is 10.6 Å². The molecule has 1 aliphatic heterocycles. The highest BCUT2D eigenvalue weighted by Gasteiger charge is 2.19. The van der Waals surface area contributed by atoms with Crippen molar-refractivity contribution in [3.63, 3.8) is 0 Å². The van der Waals surface area contributed by atoms with E-state index < -0.39 is 0 Å². The Morgan fingerprint density at radius 3 is 2.80 bits per heavy atom. The molecular formula is C24H30N2O4. The minimum Gasteiger partial charge on any atom is -0.488 e. The molecule has 1 aliphatic rings. The lowest BCUT2D eigenvalue weighted by Crippen LogP contribution is -2.38. The van der Waals surface area contributed by atoms with Crippen LogP contribution in [-0.4, -0.2) is 44.7 Å². The lowest BCUT2D eigenvalue weighted by molar-refractivity contribution is -0.140. The Hall–Kier alpha value is -2.86. The first-order valence-corrected chi connectivity index (χ1v) is 10.6. The zero-order chi connectivity index (χ0) is 21.2. The van der Waals surface area contributed by atoms with Gasteiger partial charge in [-0.25, -0.2) is 0 Å². The molecule has 0 saturated carbocycles. The molecule has 1 fully saturated rings. The molecule has 1 saturated heterocycles. The number of unbranched alkanes of at least 4 members (excludes halogenated alkanes) is 2. The number of allylic oxidation sites excluding steroid dienone is 1. The second-order valence-corrected chi connectivity index (χ2v) is 7.48. The second kappa shape index (κ2) is 11.4. The first kappa shape index (κ1) is 21.8. The SMILES string of the molecule is COC(=O)CCCC/C=C(\COc1cccc2ccccc12)C(=O)NC1CCNC1. The van der Waals surface area contributed by atoms with E-state index in [4.69, 9.17) is 4.74 Å². The molecule has 160 valence electrons. The van der Waals surface area contributed by atoms with Crippen LogP contribution >= 0.6 is 0 Å². The molecular weight excluding hydrogens is 380 g/mol. The topological polar surface area (TPSA) is 76.7 Å². The van der Waals surface area contributed by atoms with Crippen molar-refractivity contribution in [2.75, 3.05) is 26.8 Å². The highest BCUT2D eigenvalue weighted by atomic mass is 16.5. The van der Waals surface area contributed by atoms with Gasteiger partial charge in [0.2, 0.25) is 0 Å². The smallest absolute Gasteiger partial charge is 0.305 e. The van der Waals surface area contributed by atoms with Gasteiger partial charge in [-0.05, 0) is 43.7 Å². The molecule has 6 nitrogen and oxygen atoms in total. The Labute approximate surface area is 177 Å². The fourth-order valence-corrected chi connectivity index (χ4v) is 3.54. The van der Waals surface area contributed by atoms with Crippen LogP contribution in [0.3, 0.4) is 0 Å². The number of nitrogens with one attached hydrogen (secondary N) is 2. The Morgan fingerprint density at radius 2 is 2.00 bits per heavy atom. The Kier molecular flexibility index (Phi) is 8.27. The number of esters is 1. The standard InChI is InChI=1S/C24H30N2O4/c1-29-23(27)13-4-2-3-9-19(24(28)26-20-14-15-25-16-20)17-30-22-12-7-10-18-8-5-6-11-21(18)22/h5-12,20,25H,2-4,13-17H2,1H3,(H,26,28)/b19-9+. The van der Waals surface area contributed by atoms with Crippen molar-refractivity contribution in [3.05, 3.63) is 54.1 Å². The van der Waals surface area contributed by atoms with E-state index in [1.165, 1.54) is 7.11 Å². The van der Waals surface area contributed by atoms with Crippen LogP contribution in [0, 0.1) is 0 Å². The lowest BCUT2D eigenvalue weighted by Gasteiger charge is -2.15. The quantitative estimate of drug-likeness (QED) is 0.357. The molecule has 1 atom stereocenters. The van der Waals surface area contributed by atoms with Gasteiger partial charge in [-0.1, -0.05) is 42.5 Å². The zero-order valence-corrected chi connectivity index (χ0v) is 17.5. The first-order chi connectivity index (χ1) is 14.7. The van der Waals surface area contributed by atoms with Gasteiger partial charge in [-0.2, -0.15) is 0 Å². The van der Waals surface area contributed by atoms with Crippen LogP contribution < -0.4 is 15.4 Å². The average Bonchev–Trinajstić information content (AvgIpc) is 3.28. The maximum absolute atomic E-state index is 12.8. The third kappa shape index (κ3) is 6.32. The number of methoxy groups -OCH3 is 1. The molecule has 0 bridgehead atoms. The largest absolute Gasteiger partial charge is 0.488 e. The summed E-state index contributed by atoms with van der Waals surface area (Å²) in [6.45, 7) is 1.92. The summed E-state index contributed by atoms with van der Waals surface area (Å²) in [4.78, 5) is 24.1. The molecule has 0 aliphatic carbocycles. The van der Waals surface area contributed by atoms with Crippen LogP contribution in [0.15, 0.2) is 54.1 Å². The van der Waals surface area contributed by atoms with Gasteiger partial charge in [-0.15, -0.1) is 0 Å². The fraction of sp³-hybridized carbons (Fsp3) is 0.417. The van der Waals surface area contributed by atoms with Crippen molar-refractivity contribution < 1.29 is 19.1 Å². The third-order valence-electron chi connectivity index (χ3n) is 5.27. The Morgan fingerprint density at radius 1 is 1.17 bits per heavy atom. The van der Waals surface area contributed by atoms with Crippen LogP contribution in [0.25, 0.3) is 10.8 Å². The summed E-state index contributed by atoms with van der Waals surface area (Å²) >= 11 is 0. The summed E-state index contributed by atoms with van der Waals surface area (Å²) in [5.74, 6) is 0.474. The van der Waals surface area contributed by atoms with E-state index in [-0.39, 0.29) is 24.5 Å². The van der Waals surface area contributed by atoms with E-state index >= 15 is 0 Å². The molecule has 30 heavy (non-hydrogen) atoms. The third-order valence-corrected chi connectivity index (χ3v) is 5.27. The maximum Gasteiger partial charge on any atom is 0.305 e. The number of carbonyl (C=O) groups excluding carboxylic acids is 2. The molecule has 1 unspecified atom stereocenters. The summed E-state index contributed by atoms with van der Waals surface area (Å²) in [7, 11) is 1.40. The first-order valence-electron chi connectivity index (χ1n) is 10.6. The van der Waals surface area contributed by atoms with Crippen molar-refractivity contribution in [2.45, 2.75) is 38.1 Å². The number of carbonyl (C=O) groups is 2. The summed E-state index contributed by atoms with van der Waals surface area (Å²) in [6.07, 6.45) is 5.51. The van der Waals surface area contributed by atoms with Crippen LogP contribution in [0.2, 0.25) is 0 Å². The van der Waals surface area contributed by atoms with E-state index in [1.54, 1.807) is 0 Å². The monoisotopic (exact) mass is 410 g/mol. The summed E-state index contributed by atoms with van der Waals surface area (Å²) in [5.41, 5.74) is 0.618. The maximum atomic E-state index is 12.8. The number of amides is 1. The number of benzene rings is 2. The van der Waals surface area contributed by atoms with Gasteiger partial charge >= 0.3 is 5.97 Å². The Balaban J connectivity index is 1.64. The number of rotatable bonds is 10. The van der Waals surface area contributed by atoms with Crippen molar-refractivity contribution in [2.24, 2.45) is 0 Å². The van der Waals surface area contributed by atoms with Gasteiger partial charge in [0.25, 0.3) is 5.91 Å². The van der Waals surface area contributed by atoms with Crippen molar-refractivity contribution in [1.29, 1.82) is 0 Å². The summed E-state index contributed by atoms with van der Waals surface area (Å²) < 4.78 is 10.7. The van der Waals surface area contributed by atoms with Gasteiger partial charge in [0, 0.05) is 24.4 Å².